The molecule has 2 saturated heterocycles. The summed E-state index contributed by atoms with van der Waals surface area (Å²) < 4.78 is 47.5. The third-order valence-corrected chi connectivity index (χ3v) is 6.53. The molecule has 0 aliphatic carbocycles. The van der Waals surface area contributed by atoms with Crippen molar-refractivity contribution in [3.05, 3.63) is 83.1 Å². The van der Waals surface area contributed by atoms with E-state index in [0.717, 1.165) is 23.0 Å². The van der Waals surface area contributed by atoms with Crippen molar-refractivity contribution >= 4 is 11.9 Å². The van der Waals surface area contributed by atoms with Crippen LogP contribution in [0.25, 0.3) is 11.8 Å². The quantitative estimate of drug-likeness (QED) is 0.546. The van der Waals surface area contributed by atoms with Crippen molar-refractivity contribution < 1.29 is 27.8 Å². The van der Waals surface area contributed by atoms with E-state index in [1.807, 2.05) is 46.9 Å². The van der Waals surface area contributed by atoms with E-state index in [2.05, 4.69) is 10.1 Å². The third-order valence-electron chi connectivity index (χ3n) is 6.53. The summed E-state index contributed by atoms with van der Waals surface area (Å²) in [4.78, 5) is 11.8. The van der Waals surface area contributed by atoms with E-state index in [0.29, 0.717) is 42.7 Å². The molecule has 1 aromatic heterocycles. The second-order valence-corrected chi connectivity index (χ2v) is 9.20. The van der Waals surface area contributed by atoms with Gasteiger partial charge in [0.15, 0.2) is 11.4 Å². The molecule has 10 heteroatoms. The number of morpholine rings is 1. The molecule has 2 aromatic carbocycles. The molecule has 4 heterocycles. The molecular weight excluding hydrogens is 470 g/mol. The number of aromatic nitrogens is 2. The first-order chi connectivity index (χ1) is 17.4. The van der Waals surface area contributed by atoms with Crippen LogP contribution in [-0.4, -0.2) is 59.4 Å². The standard InChI is InChI=1S/C26H24F2N4O4/c1-16-10-31(15-29-16)21-4-3-17(5-23(21)33-2)6-24-25-30-35-11-22(18-7-19(27)9-20(28)8-18)32(25)12-26(36-24)13-34-14-26/h3-10,15,22H,11-14H2,1-2H3/b24-6-. The first kappa shape index (κ1) is 22.5. The number of imidazole rings is 1. The van der Waals surface area contributed by atoms with E-state index >= 15 is 0 Å². The smallest absolute Gasteiger partial charge is 0.211 e. The van der Waals surface area contributed by atoms with Crippen molar-refractivity contribution in [1.82, 2.24) is 14.5 Å². The lowest BCUT2D eigenvalue weighted by Crippen LogP contribution is -2.64. The predicted octanol–water partition coefficient (Wildman–Crippen LogP) is 3.99. The molecule has 0 saturated carbocycles. The van der Waals surface area contributed by atoms with Crippen LogP contribution in [0, 0.1) is 18.6 Å². The number of nitrogens with zero attached hydrogens (tertiary/aromatic N) is 4. The number of amidine groups is 1. The van der Waals surface area contributed by atoms with Crippen LogP contribution < -0.4 is 4.74 Å². The Morgan fingerprint density at radius 2 is 1.94 bits per heavy atom. The van der Waals surface area contributed by atoms with E-state index in [1.165, 1.54) is 12.1 Å². The highest BCUT2D eigenvalue weighted by Crippen LogP contribution is 2.39. The summed E-state index contributed by atoms with van der Waals surface area (Å²) in [7, 11) is 1.61. The highest BCUT2D eigenvalue weighted by molar-refractivity contribution is 6.01. The van der Waals surface area contributed by atoms with Gasteiger partial charge >= 0.3 is 0 Å². The van der Waals surface area contributed by atoms with Crippen LogP contribution in [0.15, 0.2) is 59.8 Å². The lowest BCUT2D eigenvalue weighted by Gasteiger charge is -2.52. The number of ether oxygens (including phenoxy) is 3. The number of methoxy groups -OCH3 is 1. The van der Waals surface area contributed by atoms with Gasteiger partial charge in [-0.3, -0.25) is 0 Å². The van der Waals surface area contributed by atoms with Crippen molar-refractivity contribution in [3.8, 4) is 11.4 Å². The Kier molecular flexibility index (Phi) is 5.40. The maximum absolute atomic E-state index is 14.0. The normalized spacial score (nSPS) is 21.3. The van der Waals surface area contributed by atoms with Gasteiger partial charge in [-0.2, -0.15) is 0 Å². The van der Waals surface area contributed by atoms with Gasteiger partial charge in [0.2, 0.25) is 5.84 Å². The lowest BCUT2D eigenvalue weighted by atomic mass is 9.94. The van der Waals surface area contributed by atoms with E-state index in [-0.39, 0.29) is 6.61 Å². The zero-order chi connectivity index (χ0) is 24.9. The molecule has 1 atom stereocenters. The predicted molar refractivity (Wildman–Crippen MR) is 127 cm³/mol. The molecule has 2 fully saturated rings. The highest BCUT2D eigenvalue weighted by atomic mass is 19.1. The molecule has 1 unspecified atom stereocenters. The SMILES string of the molecule is COc1cc(/C=C2\OC3(COC3)CN3C2=NOCC3c2cc(F)cc(F)c2)ccc1-n1cnc(C)c1. The molecule has 1 spiro atoms. The molecular formula is C26H24F2N4O4. The Morgan fingerprint density at radius 1 is 1.14 bits per heavy atom. The van der Waals surface area contributed by atoms with Gasteiger partial charge in [-0.15, -0.1) is 0 Å². The molecule has 0 amide bonds. The summed E-state index contributed by atoms with van der Waals surface area (Å²) in [6, 6.07) is 8.84. The number of benzene rings is 2. The molecule has 3 aliphatic heterocycles. The Morgan fingerprint density at radius 3 is 2.61 bits per heavy atom. The number of rotatable bonds is 4. The average Bonchev–Trinajstić information content (AvgIpc) is 3.27. The summed E-state index contributed by atoms with van der Waals surface area (Å²) in [6.07, 6.45) is 5.51. The number of aryl methyl sites for hydroxylation is 1. The molecule has 36 heavy (non-hydrogen) atoms. The highest BCUT2D eigenvalue weighted by Gasteiger charge is 2.51. The minimum atomic E-state index is -0.639. The van der Waals surface area contributed by atoms with Crippen molar-refractivity contribution in [2.45, 2.75) is 18.6 Å². The molecule has 6 rings (SSSR count). The topological polar surface area (TPSA) is 70.3 Å². The number of oxime groups is 1. The van der Waals surface area contributed by atoms with Crippen LogP contribution in [0.3, 0.4) is 0 Å². The fourth-order valence-electron chi connectivity index (χ4n) is 4.77. The Bertz CT molecular complexity index is 1360. The van der Waals surface area contributed by atoms with E-state index in [4.69, 9.17) is 19.0 Å². The van der Waals surface area contributed by atoms with E-state index < -0.39 is 23.3 Å². The Balaban J connectivity index is 1.38. The summed E-state index contributed by atoms with van der Waals surface area (Å²) in [5.74, 6) is 0.326. The number of hydrogen-bond acceptors (Lipinski definition) is 7. The minimum absolute atomic E-state index is 0.156. The fourth-order valence-corrected chi connectivity index (χ4v) is 4.77. The maximum atomic E-state index is 14.0. The van der Waals surface area contributed by atoms with Crippen LogP contribution >= 0.6 is 0 Å². The maximum Gasteiger partial charge on any atom is 0.211 e. The van der Waals surface area contributed by atoms with E-state index in [9.17, 15) is 8.78 Å². The summed E-state index contributed by atoms with van der Waals surface area (Å²) in [5, 5.41) is 4.26. The third kappa shape index (κ3) is 3.97. The Hall–Kier alpha value is -3.92. The molecule has 8 nitrogen and oxygen atoms in total. The van der Waals surface area contributed by atoms with Crippen molar-refractivity contribution in [2.75, 3.05) is 33.5 Å². The second-order valence-electron chi connectivity index (χ2n) is 9.20. The van der Waals surface area contributed by atoms with Crippen LogP contribution in [-0.2, 0) is 14.3 Å². The van der Waals surface area contributed by atoms with Gasteiger partial charge in [-0.1, -0.05) is 11.2 Å². The first-order valence-corrected chi connectivity index (χ1v) is 11.5. The monoisotopic (exact) mass is 494 g/mol. The van der Waals surface area contributed by atoms with Gasteiger partial charge in [0.25, 0.3) is 0 Å². The van der Waals surface area contributed by atoms with Gasteiger partial charge in [0, 0.05) is 12.3 Å². The average molecular weight is 494 g/mol. The number of fused-ring (bicyclic) bond motifs is 1. The van der Waals surface area contributed by atoms with Crippen LogP contribution in [0.5, 0.6) is 5.75 Å². The van der Waals surface area contributed by atoms with Crippen LogP contribution in [0.4, 0.5) is 8.78 Å². The minimum Gasteiger partial charge on any atom is -0.495 e. The second kappa shape index (κ2) is 8.63. The Labute approximate surface area is 206 Å². The van der Waals surface area contributed by atoms with Crippen LogP contribution in [0.2, 0.25) is 0 Å². The summed E-state index contributed by atoms with van der Waals surface area (Å²) >= 11 is 0. The van der Waals surface area contributed by atoms with Gasteiger partial charge in [0.05, 0.1) is 50.6 Å². The molecule has 3 aliphatic rings. The zero-order valence-corrected chi connectivity index (χ0v) is 19.8. The zero-order valence-electron chi connectivity index (χ0n) is 19.8. The van der Waals surface area contributed by atoms with Gasteiger partial charge < -0.3 is 28.5 Å². The van der Waals surface area contributed by atoms with Crippen molar-refractivity contribution in [2.24, 2.45) is 5.16 Å². The van der Waals surface area contributed by atoms with Crippen molar-refractivity contribution in [3.63, 3.8) is 0 Å². The van der Waals surface area contributed by atoms with Gasteiger partial charge in [0.1, 0.15) is 24.0 Å². The summed E-state index contributed by atoms with van der Waals surface area (Å²) in [6.45, 7) is 3.34. The number of halogens is 2. The van der Waals surface area contributed by atoms with E-state index in [1.54, 1.807) is 13.4 Å². The van der Waals surface area contributed by atoms with Gasteiger partial charge in [-0.05, 0) is 48.4 Å². The lowest BCUT2D eigenvalue weighted by molar-refractivity contribution is -0.204. The summed E-state index contributed by atoms with van der Waals surface area (Å²) in [5.41, 5.74) is 2.46. The van der Waals surface area contributed by atoms with Crippen molar-refractivity contribution in [1.29, 1.82) is 0 Å². The number of hydrogen-bond donors (Lipinski definition) is 0. The van der Waals surface area contributed by atoms with Crippen LogP contribution in [0.1, 0.15) is 22.9 Å². The molecule has 0 bridgehead atoms. The molecule has 0 N–H and O–H groups in total. The molecule has 0 radical (unpaired) electrons. The first-order valence-electron chi connectivity index (χ1n) is 11.5. The molecule has 3 aromatic rings. The fraction of sp³-hybridized carbons (Fsp3) is 0.308. The molecule has 186 valence electrons. The van der Waals surface area contributed by atoms with Gasteiger partial charge in [-0.25, -0.2) is 13.8 Å². The largest absolute Gasteiger partial charge is 0.495 e.